The summed E-state index contributed by atoms with van der Waals surface area (Å²) in [6, 6.07) is 2.81. The predicted octanol–water partition coefficient (Wildman–Crippen LogP) is 0.152. The van der Waals surface area contributed by atoms with Crippen LogP contribution in [0, 0.1) is 0 Å². The van der Waals surface area contributed by atoms with E-state index in [9.17, 15) is 9.59 Å². The number of hydrogen-bond donors (Lipinski definition) is 1. The van der Waals surface area contributed by atoms with Crippen LogP contribution in [-0.4, -0.2) is 29.1 Å². The SMILES string of the molecule is O=C(c1ccc(=O)[nH]c1)N1CCCO1. The van der Waals surface area contributed by atoms with E-state index in [0.29, 0.717) is 18.7 Å². The summed E-state index contributed by atoms with van der Waals surface area (Å²) in [5.41, 5.74) is 0.218. The Kier molecular flexibility index (Phi) is 2.32. The minimum atomic E-state index is -0.219. The molecule has 1 saturated heterocycles. The zero-order chi connectivity index (χ0) is 9.97. The number of pyridine rings is 1. The Labute approximate surface area is 80.3 Å². The summed E-state index contributed by atoms with van der Waals surface area (Å²) in [6.45, 7) is 1.19. The zero-order valence-corrected chi connectivity index (χ0v) is 7.53. The Bertz CT molecular complexity index is 373. The Morgan fingerprint density at radius 1 is 1.50 bits per heavy atom. The number of H-pyrrole nitrogens is 1. The quantitative estimate of drug-likeness (QED) is 0.692. The molecule has 0 bridgehead atoms. The molecule has 5 nitrogen and oxygen atoms in total. The van der Waals surface area contributed by atoms with Crippen LogP contribution in [0.5, 0.6) is 0 Å². The molecule has 74 valence electrons. The van der Waals surface area contributed by atoms with Crippen LogP contribution in [0.4, 0.5) is 0 Å². The molecule has 1 fully saturated rings. The Morgan fingerprint density at radius 2 is 2.36 bits per heavy atom. The molecule has 1 aromatic heterocycles. The second-order valence-corrected chi connectivity index (χ2v) is 3.04. The molecule has 1 aliphatic rings. The van der Waals surface area contributed by atoms with E-state index < -0.39 is 0 Å². The second-order valence-electron chi connectivity index (χ2n) is 3.04. The van der Waals surface area contributed by atoms with Gasteiger partial charge in [-0.15, -0.1) is 0 Å². The lowest BCUT2D eigenvalue weighted by atomic mass is 10.2. The fourth-order valence-corrected chi connectivity index (χ4v) is 1.30. The van der Waals surface area contributed by atoms with E-state index in [1.807, 2.05) is 0 Å². The average molecular weight is 194 g/mol. The van der Waals surface area contributed by atoms with Gasteiger partial charge in [0.15, 0.2) is 0 Å². The third kappa shape index (κ3) is 1.67. The predicted molar refractivity (Wildman–Crippen MR) is 48.7 cm³/mol. The van der Waals surface area contributed by atoms with Crippen molar-refractivity contribution in [3.05, 3.63) is 34.2 Å². The minimum Gasteiger partial charge on any atom is -0.328 e. The molecule has 2 rings (SSSR count). The van der Waals surface area contributed by atoms with E-state index in [2.05, 4.69) is 4.98 Å². The van der Waals surface area contributed by atoms with Gasteiger partial charge < -0.3 is 4.98 Å². The normalized spacial score (nSPS) is 15.9. The van der Waals surface area contributed by atoms with Gasteiger partial charge in [-0.25, -0.2) is 5.06 Å². The molecule has 1 N–H and O–H groups in total. The van der Waals surface area contributed by atoms with Crippen LogP contribution in [-0.2, 0) is 4.84 Å². The first-order valence-corrected chi connectivity index (χ1v) is 4.41. The first-order valence-electron chi connectivity index (χ1n) is 4.41. The van der Waals surface area contributed by atoms with Gasteiger partial charge in [0.2, 0.25) is 5.56 Å². The lowest BCUT2D eigenvalue weighted by Gasteiger charge is -2.12. The molecule has 0 atom stereocenters. The summed E-state index contributed by atoms with van der Waals surface area (Å²) in [6.07, 6.45) is 2.25. The van der Waals surface area contributed by atoms with Gasteiger partial charge in [-0.3, -0.25) is 14.4 Å². The van der Waals surface area contributed by atoms with Crippen molar-refractivity contribution in [1.82, 2.24) is 10.0 Å². The smallest absolute Gasteiger partial charge is 0.278 e. The van der Waals surface area contributed by atoms with Gasteiger partial charge in [0.25, 0.3) is 5.91 Å². The molecular formula is C9H10N2O3. The molecule has 2 heterocycles. The molecule has 1 aliphatic heterocycles. The number of carbonyl (C=O) groups excluding carboxylic acids is 1. The fraction of sp³-hybridized carbons (Fsp3) is 0.333. The highest BCUT2D eigenvalue weighted by molar-refractivity contribution is 5.93. The van der Waals surface area contributed by atoms with Crippen LogP contribution in [0.3, 0.4) is 0 Å². The molecule has 0 saturated carbocycles. The van der Waals surface area contributed by atoms with E-state index in [0.717, 1.165) is 6.42 Å². The van der Waals surface area contributed by atoms with E-state index in [4.69, 9.17) is 4.84 Å². The standard InChI is InChI=1S/C9H10N2O3/c12-8-3-2-7(6-10-8)9(13)11-4-1-5-14-11/h2-3,6H,1,4-5H2,(H,10,12). The Hall–Kier alpha value is -1.62. The molecule has 0 aliphatic carbocycles. The van der Waals surface area contributed by atoms with Crippen molar-refractivity contribution >= 4 is 5.91 Å². The second kappa shape index (κ2) is 3.63. The van der Waals surface area contributed by atoms with Crippen LogP contribution in [0.15, 0.2) is 23.1 Å². The number of carbonyl (C=O) groups is 1. The maximum Gasteiger partial charge on any atom is 0.278 e. The molecule has 0 unspecified atom stereocenters. The monoisotopic (exact) mass is 194 g/mol. The van der Waals surface area contributed by atoms with Crippen molar-refractivity contribution in [1.29, 1.82) is 0 Å². The molecule has 0 spiro atoms. The minimum absolute atomic E-state index is 0.209. The van der Waals surface area contributed by atoms with Gasteiger partial charge in [0, 0.05) is 12.3 Å². The molecule has 14 heavy (non-hydrogen) atoms. The van der Waals surface area contributed by atoms with Crippen molar-refractivity contribution in [2.45, 2.75) is 6.42 Å². The van der Waals surface area contributed by atoms with Crippen LogP contribution in [0.25, 0.3) is 0 Å². The maximum atomic E-state index is 11.6. The molecule has 5 heteroatoms. The van der Waals surface area contributed by atoms with Crippen molar-refractivity contribution in [3.63, 3.8) is 0 Å². The highest BCUT2D eigenvalue weighted by Crippen LogP contribution is 2.09. The van der Waals surface area contributed by atoms with E-state index >= 15 is 0 Å². The average Bonchev–Trinajstić information content (AvgIpc) is 2.71. The largest absolute Gasteiger partial charge is 0.328 e. The first kappa shape index (κ1) is 8.96. The third-order valence-corrected chi connectivity index (χ3v) is 2.01. The summed E-state index contributed by atoms with van der Waals surface area (Å²) in [5, 5.41) is 1.31. The van der Waals surface area contributed by atoms with Gasteiger partial charge in [0.1, 0.15) is 0 Å². The van der Waals surface area contributed by atoms with Gasteiger partial charge in [-0.05, 0) is 12.5 Å². The van der Waals surface area contributed by atoms with Crippen molar-refractivity contribution in [2.75, 3.05) is 13.2 Å². The lowest BCUT2D eigenvalue weighted by Crippen LogP contribution is -2.27. The third-order valence-electron chi connectivity index (χ3n) is 2.01. The maximum absolute atomic E-state index is 11.6. The summed E-state index contributed by atoms with van der Waals surface area (Å²) in [7, 11) is 0. The van der Waals surface area contributed by atoms with Crippen molar-refractivity contribution < 1.29 is 9.63 Å². The number of hydrogen-bond acceptors (Lipinski definition) is 3. The van der Waals surface area contributed by atoms with Crippen molar-refractivity contribution in [3.8, 4) is 0 Å². The van der Waals surface area contributed by atoms with Gasteiger partial charge in [-0.2, -0.15) is 0 Å². The number of amides is 1. The van der Waals surface area contributed by atoms with Crippen LogP contribution in [0.1, 0.15) is 16.8 Å². The Morgan fingerprint density at radius 3 is 2.93 bits per heavy atom. The van der Waals surface area contributed by atoms with Crippen molar-refractivity contribution in [2.24, 2.45) is 0 Å². The van der Waals surface area contributed by atoms with Gasteiger partial charge in [-0.1, -0.05) is 0 Å². The molecule has 0 aromatic carbocycles. The van der Waals surface area contributed by atoms with Crippen LogP contribution >= 0.6 is 0 Å². The number of rotatable bonds is 1. The zero-order valence-electron chi connectivity index (χ0n) is 7.53. The first-order chi connectivity index (χ1) is 6.77. The van der Waals surface area contributed by atoms with Crippen LogP contribution in [0.2, 0.25) is 0 Å². The number of hydroxylamine groups is 2. The topological polar surface area (TPSA) is 62.4 Å². The fourth-order valence-electron chi connectivity index (χ4n) is 1.30. The molecule has 1 amide bonds. The summed E-state index contributed by atoms with van der Waals surface area (Å²) in [4.78, 5) is 29.9. The van der Waals surface area contributed by atoms with Gasteiger partial charge in [0.05, 0.1) is 18.7 Å². The summed E-state index contributed by atoms with van der Waals surface area (Å²) < 4.78 is 0. The lowest BCUT2D eigenvalue weighted by molar-refractivity contribution is -0.0768. The molecular weight excluding hydrogens is 184 g/mol. The number of nitrogens with one attached hydrogen (secondary N) is 1. The van der Waals surface area contributed by atoms with E-state index in [1.54, 1.807) is 0 Å². The molecule has 0 radical (unpaired) electrons. The van der Waals surface area contributed by atoms with Gasteiger partial charge >= 0.3 is 0 Å². The number of aromatic nitrogens is 1. The molecule has 1 aromatic rings. The highest BCUT2D eigenvalue weighted by Gasteiger charge is 2.20. The summed E-state index contributed by atoms with van der Waals surface area (Å²) >= 11 is 0. The van der Waals surface area contributed by atoms with E-state index in [1.165, 1.54) is 23.4 Å². The van der Waals surface area contributed by atoms with Crippen LogP contribution < -0.4 is 5.56 Å². The number of aromatic amines is 1. The van der Waals surface area contributed by atoms with E-state index in [-0.39, 0.29) is 11.5 Å². The highest BCUT2D eigenvalue weighted by atomic mass is 16.7. The number of nitrogens with zero attached hydrogens (tertiary/aromatic N) is 1. The summed E-state index contributed by atoms with van der Waals surface area (Å²) in [5.74, 6) is -0.209. The Balaban J connectivity index is 2.18.